The van der Waals surface area contributed by atoms with Crippen molar-refractivity contribution in [3.8, 4) is 0 Å². The molecule has 2 unspecified atom stereocenters. The van der Waals surface area contributed by atoms with Crippen molar-refractivity contribution < 1.29 is 14.4 Å². The summed E-state index contributed by atoms with van der Waals surface area (Å²) < 4.78 is 0. The van der Waals surface area contributed by atoms with Crippen LogP contribution in [0, 0.1) is 11.3 Å². The van der Waals surface area contributed by atoms with Crippen LogP contribution in [0.2, 0.25) is 0 Å². The first-order valence-corrected chi connectivity index (χ1v) is 11.7. The number of carbonyl (C=O) groups is 3. The second-order valence-electron chi connectivity index (χ2n) is 8.72. The lowest BCUT2D eigenvalue weighted by Gasteiger charge is -2.31. The van der Waals surface area contributed by atoms with Crippen molar-refractivity contribution in [1.82, 2.24) is 15.5 Å². The monoisotopic (exact) mass is 499 g/mol. The van der Waals surface area contributed by atoms with Gasteiger partial charge in [-0.1, -0.05) is 62.7 Å². The molecule has 0 aromatic heterocycles. The molecule has 1 fully saturated rings. The highest BCUT2D eigenvalue weighted by atomic mass is 35.5. The van der Waals surface area contributed by atoms with E-state index in [0.717, 1.165) is 12.0 Å². The molecule has 3 amide bonds. The molecule has 1 saturated heterocycles. The molecule has 1 heterocycles. The second-order valence-corrected chi connectivity index (χ2v) is 8.72. The summed E-state index contributed by atoms with van der Waals surface area (Å²) in [4.78, 5) is 40.8. The third-order valence-electron chi connectivity index (χ3n) is 6.37. The Hall–Kier alpha value is -3.39. The maximum atomic E-state index is 13.5. The lowest BCUT2D eigenvalue weighted by molar-refractivity contribution is -0.140. The highest BCUT2D eigenvalue weighted by Crippen LogP contribution is 2.22. The summed E-state index contributed by atoms with van der Waals surface area (Å²) in [5.41, 5.74) is 7.47. The Balaban J connectivity index is 0.00000432. The maximum Gasteiger partial charge on any atom is 0.251 e. The number of amidine groups is 1. The van der Waals surface area contributed by atoms with Gasteiger partial charge < -0.3 is 21.3 Å². The fraction of sp³-hybridized carbons (Fsp3) is 0.385. The summed E-state index contributed by atoms with van der Waals surface area (Å²) in [6, 6.07) is 14.6. The van der Waals surface area contributed by atoms with Crippen molar-refractivity contribution in [3.05, 3.63) is 71.3 Å². The Morgan fingerprint density at radius 2 is 1.74 bits per heavy atom. The van der Waals surface area contributed by atoms with Crippen LogP contribution >= 0.6 is 12.4 Å². The zero-order valence-corrected chi connectivity index (χ0v) is 20.9. The van der Waals surface area contributed by atoms with Gasteiger partial charge in [0.15, 0.2) is 0 Å². The van der Waals surface area contributed by atoms with Gasteiger partial charge >= 0.3 is 0 Å². The topological polar surface area (TPSA) is 128 Å². The third kappa shape index (κ3) is 7.05. The van der Waals surface area contributed by atoms with E-state index >= 15 is 0 Å². The first-order valence-electron chi connectivity index (χ1n) is 11.7. The molecule has 9 heteroatoms. The number of halogens is 1. The predicted octanol–water partition coefficient (Wildman–Crippen LogP) is 2.84. The quantitative estimate of drug-likeness (QED) is 0.312. The minimum Gasteiger partial charge on any atom is -0.384 e. The molecule has 0 radical (unpaired) electrons. The second kappa shape index (κ2) is 12.9. The molecular weight excluding hydrogens is 466 g/mol. The number of rotatable bonds is 9. The molecule has 188 valence electrons. The fourth-order valence-electron chi connectivity index (χ4n) is 4.09. The van der Waals surface area contributed by atoms with Crippen LogP contribution in [-0.2, 0) is 16.1 Å². The predicted molar refractivity (Wildman–Crippen MR) is 138 cm³/mol. The van der Waals surface area contributed by atoms with E-state index in [9.17, 15) is 14.4 Å². The number of hydrogen-bond acceptors (Lipinski definition) is 4. The van der Waals surface area contributed by atoms with Crippen molar-refractivity contribution in [3.63, 3.8) is 0 Å². The van der Waals surface area contributed by atoms with Crippen LogP contribution in [0.3, 0.4) is 0 Å². The van der Waals surface area contributed by atoms with E-state index < -0.39 is 12.1 Å². The van der Waals surface area contributed by atoms with Gasteiger partial charge in [0.25, 0.3) is 5.91 Å². The molecule has 3 atom stereocenters. The third-order valence-corrected chi connectivity index (χ3v) is 6.37. The van der Waals surface area contributed by atoms with Gasteiger partial charge in [0.1, 0.15) is 17.9 Å². The van der Waals surface area contributed by atoms with E-state index in [1.165, 1.54) is 0 Å². The van der Waals surface area contributed by atoms with Crippen molar-refractivity contribution in [2.75, 3.05) is 6.54 Å². The average molecular weight is 500 g/mol. The smallest absolute Gasteiger partial charge is 0.251 e. The lowest BCUT2D eigenvalue weighted by Crippen LogP contribution is -2.55. The maximum absolute atomic E-state index is 13.5. The van der Waals surface area contributed by atoms with Gasteiger partial charge in [0.05, 0.1) is 0 Å². The molecule has 0 bridgehead atoms. The molecule has 5 N–H and O–H groups in total. The van der Waals surface area contributed by atoms with Crippen LogP contribution in [0.4, 0.5) is 0 Å². The molecule has 0 aliphatic carbocycles. The van der Waals surface area contributed by atoms with Crippen molar-refractivity contribution >= 4 is 36.0 Å². The number of carbonyl (C=O) groups excluding carboxylic acids is 3. The van der Waals surface area contributed by atoms with Crippen LogP contribution in [0.25, 0.3) is 0 Å². The molecule has 0 spiro atoms. The summed E-state index contributed by atoms with van der Waals surface area (Å²) in [6.45, 7) is 4.71. The van der Waals surface area contributed by atoms with Gasteiger partial charge in [-0.15, -0.1) is 12.4 Å². The Kier molecular flexibility index (Phi) is 10.3. The number of nitrogens with zero attached hydrogens (tertiary/aromatic N) is 1. The first-order chi connectivity index (χ1) is 16.3. The van der Waals surface area contributed by atoms with Crippen LogP contribution in [0.15, 0.2) is 54.6 Å². The zero-order chi connectivity index (χ0) is 24.7. The van der Waals surface area contributed by atoms with E-state index in [4.69, 9.17) is 11.1 Å². The van der Waals surface area contributed by atoms with E-state index in [2.05, 4.69) is 10.6 Å². The summed E-state index contributed by atoms with van der Waals surface area (Å²) in [7, 11) is 0. The molecule has 0 saturated carbocycles. The number of nitrogens with one attached hydrogen (secondary N) is 3. The van der Waals surface area contributed by atoms with Crippen molar-refractivity contribution in [2.24, 2.45) is 11.7 Å². The van der Waals surface area contributed by atoms with Gasteiger partial charge in [0.2, 0.25) is 11.8 Å². The average Bonchev–Trinajstić information content (AvgIpc) is 3.35. The SMILES string of the molecule is CCC(C)C(NC(=O)c1ccccc1)C(=O)N1CCC[C@H]1C(=O)NCc1ccc(C(=N)N)cc1.Cl. The van der Waals surface area contributed by atoms with E-state index in [0.29, 0.717) is 37.1 Å². The Morgan fingerprint density at radius 3 is 2.34 bits per heavy atom. The van der Waals surface area contributed by atoms with Gasteiger partial charge in [0, 0.05) is 24.2 Å². The summed E-state index contributed by atoms with van der Waals surface area (Å²) >= 11 is 0. The molecule has 2 aromatic rings. The minimum absolute atomic E-state index is 0. The van der Waals surface area contributed by atoms with Crippen molar-refractivity contribution in [2.45, 2.75) is 51.7 Å². The van der Waals surface area contributed by atoms with Gasteiger partial charge in [-0.05, 0) is 36.5 Å². The Bertz CT molecular complexity index is 1030. The summed E-state index contributed by atoms with van der Waals surface area (Å²) in [5.74, 6) is -0.815. The van der Waals surface area contributed by atoms with Crippen molar-refractivity contribution in [1.29, 1.82) is 5.41 Å². The van der Waals surface area contributed by atoms with Gasteiger partial charge in [-0.2, -0.15) is 0 Å². The number of nitrogens with two attached hydrogens (primary N) is 1. The molecule has 1 aliphatic heterocycles. The molecular formula is C26H34ClN5O3. The molecule has 3 rings (SSSR count). The fourth-order valence-corrected chi connectivity index (χ4v) is 4.09. The van der Waals surface area contributed by atoms with Crippen LogP contribution in [0.1, 0.15) is 54.6 Å². The standard InChI is InChI=1S/C26H33N5O3.ClH/c1-3-17(2)22(30-24(32)20-8-5-4-6-9-20)26(34)31-15-7-10-21(31)25(33)29-16-18-11-13-19(14-12-18)23(27)28;/h4-6,8-9,11-14,17,21-22H,3,7,10,15-16H2,1-2H3,(H3,27,28)(H,29,33)(H,30,32);1H/t17?,21-,22?;/m0./s1. The van der Waals surface area contributed by atoms with E-state index in [1.54, 1.807) is 41.3 Å². The lowest BCUT2D eigenvalue weighted by atomic mass is 9.97. The summed E-state index contributed by atoms with van der Waals surface area (Å²) in [6.07, 6.45) is 2.03. The minimum atomic E-state index is -0.703. The Labute approximate surface area is 212 Å². The number of hydrogen-bond donors (Lipinski definition) is 4. The number of benzene rings is 2. The van der Waals surface area contributed by atoms with Gasteiger partial charge in [-0.25, -0.2) is 0 Å². The van der Waals surface area contributed by atoms with Crippen LogP contribution in [0.5, 0.6) is 0 Å². The van der Waals surface area contributed by atoms with E-state index in [-0.39, 0.29) is 41.9 Å². The summed E-state index contributed by atoms with van der Waals surface area (Å²) in [5, 5.41) is 13.3. The largest absolute Gasteiger partial charge is 0.384 e. The molecule has 8 nitrogen and oxygen atoms in total. The highest BCUT2D eigenvalue weighted by Gasteiger charge is 2.39. The first kappa shape index (κ1) is 27.9. The zero-order valence-electron chi connectivity index (χ0n) is 20.1. The van der Waals surface area contributed by atoms with Crippen LogP contribution in [-0.4, -0.2) is 47.1 Å². The number of likely N-dealkylation sites (tertiary alicyclic amines) is 1. The Morgan fingerprint density at radius 1 is 1.09 bits per heavy atom. The molecule has 1 aliphatic rings. The normalized spacial score (nSPS) is 16.5. The highest BCUT2D eigenvalue weighted by molar-refractivity contribution is 5.98. The van der Waals surface area contributed by atoms with Gasteiger partial charge in [-0.3, -0.25) is 19.8 Å². The molecule has 2 aromatic carbocycles. The van der Waals surface area contributed by atoms with Crippen LogP contribution < -0.4 is 16.4 Å². The number of nitrogen functional groups attached to an aromatic ring is 1. The van der Waals surface area contributed by atoms with E-state index in [1.807, 2.05) is 32.0 Å². The molecule has 35 heavy (non-hydrogen) atoms. The number of amides is 3.